The van der Waals surface area contributed by atoms with E-state index >= 15 is 0 Å². The Morgan fingerprint density at radius 3 is 2.31 bits per heavy atom. The molecule has 0 fully saturated rings. The largest absolute Gasteiger partial charge is 0.0917 e. The molecule has 78 valence electrons. The molecule has 0 aliphatic rings. The lowest BCUT2D eigenvalue weighted by Crippen LogP contribution is -2.06. The summed E-state index contributed by atoms with van der Waals surface area (Å²) in [5.41, 5.74) is 0. The second-order valence-electron chi connectivity index (χ2n) is 4.26. The average Bonchev–Trinajstić information content (AvgIpc) is 2.14. The van der Waals surface area contributed by atoms with Gasteiger partial charge < -0.3 is 0 Å². The Morgan fingerprint density at radius 1 is 1.08 bits per heavy atom. The molecule has 2 atom stereocenters. The Morgan fingerprint density at radius 2 is 1.77 bits per heavy atom. The Balaban J connectivity index is 3.50. The predicted octanol–water partition coefficient (Wildman–Crippen LogP) is 4.81. The maximum absolute atomic E-state index is 2.39. The van der Waals surface area contributed by atoms with E-state index < -0.39 is 0 Å². The maximum Gasteiger partial charge on any atom is -0.0322 e. The first kappa shape index (κ1) is 12.7. The molecule has 0 amide bonds. The highest BCUT2D eigenvalue weighted by Gasteiger charge is 2.09. The van der Waals surface area contributed by atoms with Gasteiger partial charge in [0.05, 0.1) is 0 Å². The van der Waals surface area contributed by atoms with Gasteiger partial charge in [-0.05, 0) is 25.2 Å². The molecule has 0 aromatic heterocycles. The van der Waals surface area contributed by atoms with Crippen LogP contribution in [-0.4, -0.2) is 0 Å². The molecule has 0 radical (unpaired) electrons. The van der Waals surface area contributed by atoms with Crippen molar-refractivity contribution in [2.24, 2.45) is 11.8 Å². The zero-order valence-electron chi connectivity index (χ0n) is 9.84. The van der Waals surface area contributed by atoms with E-state index in [2.05, 4.69) is 39.8 Å². The van der Waals surface area contributed by atoms with Crippen molar-refractivity contribution in [3.05, 3.63) is 12.2 Å². The van der Waals surface area contributed by atoms with E-state index in [0.29, 0.717) is 0 Å². The van der Waals surface area contributed by atoms with Crippen LogP contribution in [-0.2, 0) is 0 Å². The highest BCUT2D eigenvalue weighted by molar-refractivity contribution is 4.80. The molecule has 0 spiro atoms. The molecule has 0 bridgehead atoms. The summed E-state index contributed by atoms with van der Waals surface area (Å²) >= 11 is 0. The molecule has 0 rings (SSSR count). The Kier molecular flexibility index (Phi) is 8.18. The molecule has 0 heterocycles. The van der Waals surface area contributed by atoms with Crippen LogP contribution >= 0.6 is 0 Å². The lowest BCUT2D eigenvalue weighted by atomic mass is 9.88. The van der Waals surface area contributed by atoms with Gasteiger partial charge in [-0.3, -0.25) is 0 Å². The number of hydrogen-bond acceptors (Lipinski definition) is 0. The molecule has 0 N–H and O–H groups in total. The Hall–Kier alpha value is -0.260. The minimum atomic E-state index is 0.855. The zero-order valence-corrected chi connectivity index (χ0v) is 9.84. The van der Waals surface area contributed by atoms with E-state index in [9.17, 15) is 0 Å². The van der Waals surface area contributed by atoms with Crippen LogP contribution in [0.3, 0.4) is 0 Å². The third-order valence-electron chi connectivity index (χ3n) is 2.98. The second-order valence-corrected chi connectivity index (χ2v) is 4.26. The van der Waals surface area contributed by atoms with Gasteiger partial charge in [-0.1, -0.05) is 58.6 Å². The van der Waals surface area contributed by atoms with Crippen LogP contribution in [0.2, 0.25) is 0 Å². The topological polar surface area (TPSA) is 0 Å². The van der Waals surface area contributed by atoms with Crippen molar-refractivity contribution in [3.63, 3.8) is 0 Å². The number of allylic oxidation sites excluding steroid dienone is 2. The van der Waals surface area contributed by atoms with Crippen molar-refractivity contribution >= 4 is 0 Å². The molecule has 0 aromatic rings. The standard InChI is InChI=1S/C13H26/c1-5-7-9-11-13(4)12(3)10-8-6-2/h6,8,12-13H,5,7,9-11H2,1-4H3. The van der Waals surface area contributed by atoms with Gasteiger partial charge >= 0.3 is 0 Å². The normalized spacial score (nSPS) is 16.3. The summed E-state index contributed by atoms with van der Waals surface area (Å²) in [4.78, 5) is 0. The quantitative estimate of drug-likeness (QED) is 0.392. The fourth-order valence-electron chi connectivity index (χ4n) is 1.58. The van der Waals surface area contributed by atoms with Crippen molar-refractivity contribution in [3.8, 4) is 0 Å². The molecule has 0 heteroatoms. The highest BCUT2D eigenvalue weighted by atomic mass is 14.1. The fraction of sp³-hybridized carbons (Fsp3) is 0.846. The van der Waals surface area contributed by atoms with Crippen LogP contribution in [0, 0.1) is 11.8 Å². The van der Waals surface area contributed by atoms with Crippen molar-refractivity contribution < 1.29 is 0 Å². The Bertz CT molecular complexity index is 124. The van der Waals surface area contributed by atoms with E-state index in [1.807, 2.05) is 0 Å². The minimum Gasteiger partial charge on any atom is -0.0917 e. The number of hydrogen-bond donors (Lipinski definition) is 0. The molecule has 0 saturated heterocycles. The van der Waals surface area contributed by atoms with Gasteiger partial charge in [-0.2, -0.15) is 0 Å². The van der Waals surface area contributed by atoms with Gasteiger partial charge in [-0.15, -0.1) is 0 Å². The average molecular weight is 182 g/mol. The van der Waals surface area contributed by atoms with Gasteiger partial charge in [0, 0.05) is 0 Å². The van der Waals surface area contributed by atoms with Crippen molar-refractivity contribution in [2.75, 3.05) is 0 Å². The smallest absolute Gasteiger partial charge is 0.0322 e. The first-order chi connectivity index (χ1) is 6.22. The summed E-state index contributed by atoms with van der Waals surface area (Å²) in [6.07, 6.45) is 11.3. The summed E-state index contributed by atoms with van der Waals surface area (Å²) in [6, 6.07) is 0. The molecular formula is C13H26. The number of rotatable bonds is 7. The van der Waals surface area contributed by atoms with Crippen LogP contribution in [0.4, 0.5) is 0 Å². The van der Waals surface area contributed by atoms with Crippen LogP contribution < -0.4 is 0 Å². The molecular weight excluding hydrogens is 156 g/mol. The molecule has 0 saturated carbocycles. The SMILES string of the molecule is CC=CCC(C)C(C)CCCCC. The number of unbranched alkanes of at least 4 members (excludes halogenated alkanes) is 2. The molecule has 0 aliphatic carbocycles. The van der Waals surface area contributed by atoms with E-state index in [1.165, 1.54) is 32.1 Å². The van der Waals surface area contributed by atoms with Gasteiger partial charge in [-0.25, -0.2) is 0 Å². The second kappa shape index (κ2) is 8.34. The lowest BCUT2D eigenvalue weighted by molar-refractivity contribution is 0.355. The van der Waals surface area contributed by atoms with Gasteiger partial charge in [0.1, 0.15) is 0 Å². The highest BCUT2D eigenvalue weighted by Crippen LogP contribution is 2.21. The van der Waals surface area contributed by atoms with Gasteiger partial charge in [0.2, 0.25) is 0 Å². The predicted molar refractivity (Wildman–Crippen MR) is 61.9 cm³/mol. The van der Waals surface area contributed by atoms with E-state index in [-0.39, 0.29) is 0 Å². The van der Waals surface area contributed by atoms with Crippen molar-refractivity contribution in [1.29, 1.82) is 0 Å². The van der Waals surface area contributed by atoms with Crippen molar-refractivity contribution in [1.82, 2.24) is 0 Å². The molecule has 0 aliphatic heterocycles. The first-order valence-electron chi connectivity index (χ1n) is 5.83. The summed E-state index contributed by atoms with van der Waals surface area (Å²) in [7, 11) is 0. The van der Waals surface area contributed by atoms with Crippen LogP contribution in [0.25, 0.3) is 0 Å². The van der Waals surface area contributed by atoms with E-state index in [4.69, 9.17) is 0 Å². The summed E-state index contributed by atoms with van der Waals surface area (Å²) < 4.78 is 0. The Labute approximate surface area is 84.4 Å². The molecule has 2 unspecified atom stereocenters. The van der Waals surface area contributed by atoms with Crippen molar-refractivity contribution in [2.45, 2.75) is 59.8 Å². The van der Waals surface area contributed by atoms with Gasteiger partial charge in [0.25, 0.3) is 0 Å². The lowest BCUT2D eigenvalue weighted by Gasteiger charge is -2.18. The third kappa shape index (κ3) is 6.86. The monoisotopic (exact) mass is 182 g/mol. The minimum absolute atomic E-state index is 0.855. The third-order valence-corrected chi connectivity index (χ3v) is 2.98. The van der Waals surface area contributed by atoms with Crippen LogP contribution in [0.15, 0.2) is 12.2 Å². The summed E-state index contributed by atoms with van der Waals surface area (Å²) in [6.45, 7) is 9.14. The zero-order chi connectivity index (χ0) is 10.1. The van der Waals surface area contributed by atoms with Crippen LogP contribution in [0.1, 0.15) is 59.8 Å². The first-order valence-corrected chi connectivity index (χ1v) is 5.83. The van der Waals surface area contributed by atoms with Crippen LogP contribution in [0.5, 0.6) is 0 Å². The molecule has 0 aromatic carbocycles. The molecule has 0 nitrogen and oxygen atoms in total. The van der Waals surface area contributed by atoms with E-state index in [0.717, 1.165) is 11.8 Å². The summed E-state index contributed by atoms with van der Waals surface area (Å²) in [5, 5.41) is 0. The molecule has 13 heavy (non-hydrogen) atoms. The fourth-order valence-corrected chi connectivity index (χ4v) is 1.58. The maximum atomic E-state index is 2.39. The van der Waals surface area contributed by atoms with Gasteiger partial charge in [0.15, 0.2) is 0 Å². The van der Waals surface area contributed by atoms with E-state index in [1.54, 1.807) is 0 Å². The summed E-state index contributed by atoms with van der Waals surface area (Å²) in [5.74, 6) is 1.75.